The summed E-state index contributed by atoms with van der Waals surface area (Å²) in [7, 11) is 0. The predicted octanol–water partition coefficient (Wildman–Crippen LogP) is 2.64. The summed E-state index contributed by atoms with van der Waals surface area (Å²) in [5.74, 6) is 3.58. The lowest BCUT2D eigenvalue weighted by Gasteiger charge is -2.36. The highest BCUT2D eigenvalue weighted by Crippen LogP contribution is 2.39. The second-order valence-corrected chi connectivity index (χ2v) is 8.77. The van der Waals surface area contributed by atoms with Crippen LogP contribution < -0.4 is 9.80 Å². The van der Waals surface area contributed by atoms with E-state index in [2.05, 4.69) is 56.6 Å². The van der Waals surface area contributed by atoms with Gasteiger partial charge in [-0.25, -0.2) is 24.9 Å². The van der Waals surface area contributed by atoms with Crippen molar-refractivity contribution in [3.63, 3.8) is 0 Å². The molecule has 146 valence electrons. The Kier molecular flexibility index (Phi) is 3.96. The number of hydrogen-bond donors (Lipinski definition) is 1. The molecule has 2 aliphatic rings. The maximum atomic E-state index is 4.93. The van der Waals surface area contributed by atoms with Crippen LogP contribution in [0.2, 0.25) is 0 Å². The van der Waals surface area contributed by atoms with Crippen LogP contribution in [-0.2, 0) is 5.41 Å². The summed E-state index contributed by atoms with van der Waals surface area (Å²) >= 11 is 0. The van der Waals surface area contributed by atoms with Crippen LogP contribution in [0.5, 0.6) is 0 Å². The Hall–Kier alpha value is -2.77. The molecule has 1 aliphatic carbocycles. The number of nitrogens with one attached hydrogen (secondary N) is 1. The van der Waals surface area contributed by atoms with Crippen LogP contribution >= 0.6 is 0 Å². The molecule has 1 N–H and O–H groups in total. The summed E-state index contributed by atoms with van der Waals surface area (Å²) in [5, 5.41) is 0. The van der Waals surface area contributed by atoms with Gasteiger partial charge in [0.1, 0.15) is 23.5 Å². The normalized spacial score (nSPS) is 18.1. The number of rotatable bonds is 3. The Bertz CT molecular complexity index is 993. The fraction of sp³-hybridized carbons (Fsp3) is 0.550. The van der Waals surface area contributed by atoms with Gasteiger partial charge in [0.05, 0.1) is 12.0 Å². The second-order valence-electron chi connectivity index (χ2n) is 8.77. The molecule has 0 radical (unpaired) electrons. The number of aromatic nitrogens is 6. The molecule has 28 heavy (non-hydrogen) atoms. The van der Waals surface area contributed by atoms with Gasteiger partial charge < -0.3 is 14.8 Å². The number of anilines is 2. The van der Waals surface area contributed by atoms with Crippen LogP contribution in [0.25, 0.3) is 11.2 Å². The average Bonchev–Trinajstić information content (AvgIpc) is 3.44. The van der Waals surface area contributed by atoms with E-state index in [0.717, 1.165) is 54.8 Å². The molecular formula is C20H26N8. The van der Waals surface area contributed by atoms with Gasteiger partial charge in [0.15, 0.2) is 11.5 Å². The molecule has 0 aromatic carbocycles. The minimum Gasteiger partial charge on any atom is -0.353 e. The summed E-state index contributed by atoms with van der Waals surface area (Å²) in [6.07, 6.45) is 5.70. The highest BCUT2D eigenvalue weighted by Gasteiger charge is 2.30. The van der Waals surface area contributed by atoms with Crippen LogP contribution in [0.3, 0.4) is 0 Å². The lowest BCUT2D eigenvalue weighted by Crippen LogP contribution is -2.47. The SMILES string of the molecule is CC(C)(C)c1cc(N2CCN(c3ncnc4nc[nH]c34)CC2)nc(C2CC2)n1. The zero-order valence-corrected chi connectivity index (χ0v) is 16.7. The molecule has 0 bridgehead atoms. The van der Waals surface area contributed by atoms with Crippen LogP contribution in [-0.4, -0.2) is 56.1 Å². The van der Waals surface area contributed by atoms with Crippen LogP contribution in [0.1, 0.15) is 51.0 Å². The van der Waals surface area contributed by atoms with E-state index in [0.29, 0.717) is 11.6 Å². The van der Waals surface area contributed by atoms with Crippen molar-refractivity contribution in [1.29, 1.82) is 0 Å². The molecule has 0 amide bonds. The molecule has 0 spiro atoms. The van der Waals surface area contributed by atoms with E-state index in [1.807, 2.05) is 0 Å². The minimum absolute atomic E-state index is 0.0241. The molecule has 0 unspecified atom stereocenters. The van der Waals surface area contributed by atoms with Crippen LogP contribution in [0.4, 0.5) is 11.6 Å². The Labute approximate surface area is 164 Å². The summed E-state index contributed by atoms with van der Waals surface area (Å²) in [6.45, 7) is 10.3. The van der Waals surface area contributed by atoms with Crippen molar-refractivity contribution in [1.82, 2.24) is 29.9 Å². The van der Waals surface area contributed by atoms with Gasteiger partial charge in [-0.05, 0) is 12.8 Å². The lowest BCUT2D eigenvalue weighted by molar-refractivity contribution is 0.559. The molecular weight excluding hydrogens is 352 g/mol. The first-order valence-electron chi connectivity index (χ1n) is 10.0. The molecule has 3 aromatic heterocycles. The van der Waals surface area contributed by atoms with Crippen molar-refractivity contribution in [2.24, 2.45) is 0 Å². The molecule has 1 saturated carbocycles. The highest BCUT2D eigenvalue weighted by molar-refractivity contribution is 5.82. The maximum Gasteiger partial charge on any atom is 0.182 e. The number of aromatic amines is 1. The van der Waals surface area contributed by atoms with E-state index >= 15 is 0 Å². The second kappa shape index (κ2) is 6.39. The van der Waals surface area contributed by atoms with Crippen molar-refractivity contribution < 1.29 is 0 Å². The minimum atomic E-state index is 0.0241. The van der Waals surface area contributed by atoms with Gasteiger partial charge in [-0.3, -0.25) is 0 Å². The third-order valence-corrected chi connectivity index (χ3v) is 5.55. The number of hydrogen-bond acceptors (Lipinski definition) is 7. The third kappa shape index (κ3) is 3.16. The summed E-state index contributed by atoms with van der Waals surface area (Å²) in [5.41, 5.74) is 2.78. The maximum absolute atomic E-state index is 4.93. The van der Waals surface area contributed by atoms with Crippen LogP contribution in [0, 0.1) is 0 Å². The zero-order valence-electron chi connectivity index (χ0n) is 16.7. The van der Waals surface area contributed by atoms with Gasteiger partial charge in [-0.2, -0.15) is 0 Å². The standard InChI is InChI=1S/C20H26N8/c1-20(2,3)14-10-15(26-17(25-14)13-4-5-13)27-6-8-28(9-7-27)19-16-18(22-11-21-16)23-12-24-19/h10-13H,4-9H2,1-3H3,(H,21,22,23,24). The molecule has 8 nitrogen and oxygen atoms in total. The Morgan fingerprint density at radius 3 is 2.43 bits per heavy atom. The van der Waals surface area contributed by atoms with Crippen molar-refractivity contribution in [3.05, 3.63) is 30.2 Å². The van der Waals surface area contributed by atoms with Crippen molar-refractivity contribution >= 4 is 22.8 Å². The van der Waals surface area contributed by atoms with E-state index in [1.54, 1.807) is 12.7 Å². The van der Waals surface area contributed by atoms with Gasteiger partial charge in [0.2, 0.25) is 0 Å². The van der Waals surface area contributed by atoms with E-state index < -0.39 is 0 Å². The molecule has 1 saturated heterocycles. The van der Waals surface area contributed by atoms with Gasteiger partial charge in [0, 0.05) is 43.6 Å². The van der Waals surface area contributed by atoms with Crippen molar-refractivity contribution in [2.45, 2.75) is 44.9 Å². The first kappa shape index (κ1) is 17.3. The first-order chi connectivity index (χ1) is 13.5. The van der Waals surface area contributed by atoms with Gasteiger partial charge in [0.25, 0.3) is 0 Å². The smallest absolute Gasteiger partial charge is 0.182 e. The molecule has 8 heteroatoms. The Morgan fingerprint density at radius 2 is 1.71 bits per heavy atom. The number of nitrogens with zero attached hydrogens (tertiary/aromatic N) is 7. The largest absolute Gasteiger partial charge is 0.353 e. The zero-order chi connectivity index (χ0) is 19.3. The van der Waals surface area contributed by atoms with Crippen molar-refractivity contribution in [2.75, 3.05) is 36.0 Å². The van der Waals surface area contributed by atoms with E-state index in [1.165, 1.54) is 12.8 Å². The van der Waals surface area contributed by atoms with E-state index in [9.17, 15) is 0 Å². The number of fused-ring (bicyclic) bond motifs is 1. The molecule has 5 rings (SSSR count). The molecule has 4 heterocycles. The van der Waals surface area contributed by atoms with E-state index in [4.69, 9.17) is 9.97 Å². The Morgan fingerprint density at radius 1 is 0.964 bits per heavy atom. The van der Waals surface area contributed by atoms with Crippen LogP contribution in [0.15, 0.2) is 18.7 Å². The lowest BCUT2D eigenvalue weighted by atomic mass is 9.91. The predicted molar refractivity (Wildman–Crippen MR) is 109 cm³/mol. The topological polar surface area (TPSA) is 86.7 Å². The number of imidazole rings is 1. The summed E-state index contributed by atoms with van der Waals surface area (Å²) in [6, 6.07) is 2.18. The third-order valence-electron chi connectivity index (χ3n) is 5.55. The highest BCUT2D eigenvalue weighted by atomic mass is 15.3. The molecule has 2 fully saturated rings. The summed E-state index contributed by atoms with van der Waals surface area (Å²) < 4.78 is 0. The first-order valence-corrected chi connectivity index (χ1v) is 10.0. The van der Waals surface area contributed by atoms with Crippen molar-refractivity contribution in [3.8, 4) is 0 Å². The number of H-pyrrole nitrogens is 1. The fourth-order valence-electron chi connectivity index (χ4n) is 3.66. The quantitative estimate of drug-likeness (QED) is 0.750. The molecule has 0 atom stereocenters. The average molecular weight is 378 g/mol. The van der Waals surface area contributed by atoms with E-state index in [-0.39, 0.29) is 5.41 Å². The molecule has 3 aromatic rings. The molecule has 1 aliphatic heterocycles. The monoisotopic (exact) mass is 378 g/mol. The number of piperazine rings is 1. The van der Waals surface area contributed by atoms with Gasteiger partial charge in [-0.1, -0.05) is 20.8 Å². The summed E-state index contributed by atoms with van der Waals surface area (Å²) in [4.78, 5) is 30.6. The Balaban J connectivity index is 1.38. The van der Waals surface area contributed by atoms with Gasteiger partial charge >= 0.3 is 0 Å². The fourth-order valence-corrected chi connectivity index (χ4v) is 3.66. The van der Waals surface area contributed by atoms with Gasteiger partial charge in [-0.15, -0.1) is 0 Å².